The largest absolute Gasteiger partial charge is 0.459 e. The zero-order chi connectivity index (χ0) is 8.97. The maximum Gasteiger partial charge on any atom is 0.309 e. The van der Waals surface area contributed by atoms with Gasteiger partial charge in [-0.25, -0.2) is 0 Å². The van der Waals surface area contributed by atoms with Gasteiger partial charge in [0.1, 0.15) is 6.61 Å². The summed E-state index contributed by atoms with van der Waals surface area (Å²) >= 11 is 0. The topological polar surface area (TPSA) is 26.3 Å². The molecule has 0 saturated heterocycles. The highest BCUT2D eigenvalue weighted by Crippen LogP contribution is 2.31. The maximum atomic E-state index is 11.3. The number of carbonyl (C=O) groups excluding carboxylic acids is 1. The molecule has 0 amide bonds. The second-order valence-corrected chi connectivity index (χ2v) is 3.51. The molecule has 1 fully saturated rings. The fraction of sp³-hybridized carbons (Fsp3) is 0.800. The first-order valence-corrected chi connectivity index (χ1v) is 4.74. The average molecular weight is 169 g/mol. The summed E-state index contributed by atoms with van der Waals surface area (Å²) in [4.78, 5) is 11.3. The van der Waals surface area contributed by atoms with Crippen LogP contribution in [0.1, 0.15) is 39.5 Å². The van der Waals surface area contributed by atoms with Crippen molar-refractivity contribution in [1.29, 1.82) is 0 Å². The maximum absolute atomic E-state index is 11.3. The molecule has 1 saturated carbocycles. The molecule has 12 heavy (non-hydrogen) atoms. The zero-order valence-corrected chi connectivity index (χ0v) is 7.88. The van der Waals surface area contributed by atoms with Crippen molar-refractivity contribution in [2.45, 2.75) is 39.5 Å². The first-order chi connectivity index (χ1) is 5.75. The van der Waals surface area contributed by atoms with Gasteiger partial charge in [0.25, 0.3) is 0 Å². The van der Waals surface area contributed by atoms with Gasteiger partial charge in [0, 0.05) is 0 Å². The number of rotatable bonds is 3. The van der Waals surface area contributed by atoms with Gasteiger partial charge < -0.3 is 4.74 Å². The van der Waals surface area contributed by atoms with Crippen LogP contribution in [-0.4, -0.2) is 5.97 Å². The minimum absolute atomic E-state index is 0.0654. The SMILES string of the molecule is C[CH]OC(=O)C(C)C1CCCC1. The lowest BCUT2D eigenvalue weighted by Gasteiger charge is -2.16. The number of hydrogen-bond acceptors (Lipinski definition) is 2. The van der Waals surface area contributed by atoms with Crippen LogP contribution in [0.3, 0.4) is 0 Å². The molecule has 0 aromatic carbocycles. The molecule has 0 aromatic heterocycles. The van der Waals surface area contributed by atoms with Gasteiger partial charge in [0.15, 0.2) is 0 Å². The minimum Gasteiger partial charge on any atom is -0.459 e. The molecule has 1 unspecified atom stereocenters. The summed E-state index contributed by atoms with van der Waals surface area (Å²) in [5, 5.41) is 0. The van der Waals surface area contributed by atoms with Crippen LogP contribution in [0.15, 0.2) is 0 Å². The van der Waals surface area contributed by atoms with Gasteiger partial charge in [-0.1, -0.05) is 19.8 Å². The summed E-state index contributed by atoms with van der Waals surface area (Å²) in [6, 6.07) is 0. The first-order valence-electron chi connectivity index (χ1n) is 4.74. The van der Waals surface area contributed by atoms with E-state index in [0.29, 0.717) is 5.92 Å². The van der Waals surface area contributed by atoms with E-state index in [9.17, 15) is 4.79 Å². The van der Waals surface area contributed by atoms with E-state index < -0.39 is 0 Å². The lowest BCUT2D eigenvalue weighted by molar-refractivity contribution is -0.145. The summed E-state index contributed by atoms with van der Waals surface area (Å²) in [6.07, 6.45) is 4.94. The molecule has 2 heteroatoms. The van der Waals surface area contributed by atoms with Crippen LogP contribution in [-0.2, 0) is 9.53 Å². The third kappa shape index (κ3) is 2.23. The second-order valence-electron chi connectivity index (χ2n) is 3.51. The smallest absolute Gasteiger partial charge is 0.309 e. The number of hydrogen-bond donors (Lipinski definition) is 0. The van der Waals surface area contributed by atoms with Gasteiger partial charge in [-0.3, -0.25) is 4.79 Å². The average Bonchev–Trinajstić information content (AvgIpc) is 2.55. The minimum atomic E-state index is -0.0654. The Kier molecular flexibility index (Phi) is 3.57. The normalized spacial score (nSPS) is 20.8. The molecule has 1 radical (unpaired) electrons. The van der Waals surface area contributed by atoms with E-state index in [4.69, 9.17) is 4.74 Å². The molecule has 0 bridgehead atoms. The van der Waals surface area contributed by atoms with Crippen LogP contribution in [0.2, 0.25) is 0 Å². The summed E-state index contributed by atoms with van der Waals surface area (Å²) in [7, 11) is 0. The number of ether oxygens (including phenoxy) is 1. The number of carbonyl (C=O) groups is 1. The number of esters is 1. The summed E-state index contributed by atoms with van der Waals surface area (Å²) in [5.74, 6) is 0.588. The van der Waals surface area contributed by atoms with Gasteiger partial charge in [-0.05, 0) is 25.7 Å². The van der Waals surface area contributed by atoms with Crippen molar-refractivity contribution in [2.75, 3.05) is 0 Å². The van der Waals surface area contributed by atoms with Gasteiger partial charge >= 0.3 is 5.97 Å². The van der Waals surface area contributed by atoms with Crippen LogP contribution in [0.5, 0.6) is 0 Å². The van der Waals surface area contributed by atoms with E-state index in [-0.39, 0.29) is 11.9 Å². The van der Waals surface area contributed by atoms with Gasteiger partial charge in [0.2, 0.25) is 0 Å². The molecule has 1 aliphatic carbocycles. The Morgan fingerprint density at radius 3 is 2.58 bits per heavy atom. The Morgan fingerprint density at radius 2 is 2.08 bits per heavy atom. The van der Waals surface area contributed by atoms with E-state index >= 15 is 0 Å². The van der Waals surface area contributed by atoms with Crippen molar-refractivity contribution < 1.29 is 9.53 Å². The molecule has 0 aromatic rings. The molecule has 1 atom stereocenters. The monoisotopic (exact) mass is 169 g/mol. The predicted molar refractivity (Wildman–Crippen MR) is 47.2 cm³/mol. The first kappa shape index (κ1) is 9.56. The third-order valence-corrected chi connectivity index (χ3v) is 2.71. The van der Waals surface area contributed by atoms with Crippen molar-refractivity contribution in [3.05, 3.63) is 6.61 Å². The van der Waals surface area contributed by atoms with E-state index in [1.807, 2.05) is 6.92 Å². The van der Waals surface area contributed by atoms with Crippen molar-refractivity contribution in [3.63, 3.8) is 0 Å². The van der Waals surface area contributed by atoms with Crippen LogP contribution in [0.25, 0.3) is 0 Å². The summed E-state index contributed by atoms with van der Waals surface area (Å²) < 4.78 is 4.85. The molecule has 0 heterocycles. The van der Waals surface area contributed by atoms with Crippen molar-refractivity contribution >= 4 is 5.97 Å². The van der Waals surface area contributed by atoms with Crippen LogP contribution < -0.4 is 0 Å². The lowest BCUT2D eigenvalue weighted by Crippen LogP contribution is -2.20. The molecular formula is C10H17O2. The lowest BCUT2D eigenvalue weighted by atomic mass is 9.93. The second kappa shape index (κ2) is 4.48. The Labute approximate surface area is 74.3 Å². The zero-order valence-electron chi connectivity index (χ0n) is 7.88. The highest BCUT2D eigenvalue weighted by molar-refractivity contribution is 5.72. The molecule has 0 N–H and O–H groups in total. The van der Waals surface area contributed by atoms with E-state index in [1.54, 1.807) is 6.92 Å². The molecule has 0 spiro atoms. The molecular weight excluding hydrogens is 152 g/mol. The highest BCUT2D eigenvalue weighted by Gasteiger charge is 2.27. The summed E-state index contributed by atoms with van der Waals surface area (Å²) in [5.41, 5.74) is 0. The van der Waals surface area contributed by atoms with Crippen LogP contribution >= 0.6 is 0 Å². The molecule has 69 valence electrons. The van der Waals surface area contributed by atoms with Crippen LogP contribution in [0.4, 0.5) is 0 Å². The molecule has 1 aliphatic rings. The van der Waals surface area contributed by atoms with Crippen molar-refractivity contribution in [1.82, 2.24) is 0 Å². The van der Waals surface area contributed by atoms with Gasteiger partial charge in [-0.2, -0.15) is 0 Å². The highest BCUT2D eigenvalue weighted by atomic mass is 16.5. The molecule has 0 aliphatic heterocycles. The van der Waals surface area contributed by atoms with E-state index in [2.05, 4.69) is 0 Å². The van der Waals surface area contributed by atoms with E-state index in [0.717, 1.165) is 0 Å². The van der Waals surface area contributed by atoms with Gasteiger partial charge in [0.05, 0.1) is 5.92 Å². The summed E-state index contributed by atoms with van der Waals surface area (Å²) in [6.45, 7) is 5.18. The quantitative estimate of drug-likeness (QED) is 0.607. The fourth-order valence-electron chi connectivity index (χ4n) is 1.87. The Hall–Kier alpha value is -0.530. The predicted octanol–water partition coefficient (Wildman–Crippen LogP) is 2.54. The Bertz CT molecular complexity index is 148. The van der Waals surface area contributed by atoms with Gasteiger partial charge in [-0.15, -0.1) is 0 Å². The third-order valence-electron chi connectivity index (χ3n) is 2.71. The standard InChI is InChI=1S/C10H17O2/c1-3-12-10(11)8(2)9-6-4-5-7-9/h3,8-9H,4-7H2,1-2H3. The fourth-order valence-corrected chi connectivity index (χ4v) is 1.87. The Morgan fingerprint density at radius 1 is 1.50 bits per heavy atom. The van der Waals surface area contributed by atoms with Crippen molar-refractivity contribution in [2.24, 2.45) is 11.8 Å². The molecule has 2 nitrogen and oxygen atoms in total. The Balaban J connectivity index is 2.34. The molecule has 1 rings (SSSR count). The van der Waals surface area contributed by atoms with Crippen LogP contribution in [0, 0.1) is 18.4 Å². The van der Waals surface area contributed by atoms with E-state index in [1.165, 1.54) is 32.3 Å². The van der Waals surface area contributed by atoms with Crippen molar-refractivity contribution in [3.8, 4) is 0 Å².